The number of aryl methyl sites for hydroxylation is 2. The van der Waals surface area contributed by atoms with Crippen molar-refractivity contribution in [3.63, 3.8) is 0 Å². The van der Waals surface area contributed by atoms with Gasteiger partial charge in [0.15, 0.2) is 0 Å². The van der Waals surface area contributed by atoms with Crippen LogP contribution in [0.3, 0.4) is 0 Å². The van der Waals surface area contributed by atoms with E-state index in [0.29, 0.717) is 36.6 Å². The largest absolute Gasteiger partial charge is 0.310 e. The average Bonchev–Trinajstić information content (AvgIpc) is 2.74. The summed E-state index contributed by atoms with van der Waals surface area (Å²) >= 11 is 0. The standard InChI is InChI=1S/C21H25N3O3S/c25-21(23-20-7-3-4-12-22-20)17-10-13-24(14-11-17)28(26,27)19-9-8-16-5-1-2-6-18(16)15-19/h3-4,7-9,12,15,17H,1-2,5-6,10-11,13-14H2,(H,22,23,25). The van der Waals surface area contributed by atoms with Gasteiger partial charge in [0.1, 0.15) is 5.82 Å². The minimum atomic E-state index is -3.51. The molecule has 1 N–H and O–H groups in total. The van der Waals surface area contributed by atoms with E-state index in [1.165, 1.54) is 16.3 Å². The number of nitrogens with zero attached hydrogens (tertiary/aromatic N) is 2. The first kappa shape index (κ1) is 19.1. The van der Waals surface area contributed by atoms with Gasteiger partial charge in [0.05, 0.1) is 4.90 Å². The highest BCUT2D eigenvalue weighted by Crippen LogP contribution is 2.28. The van der Waals surface area contributed by atoms with Gasteiger partial charge in [0.2, 0.25) is 15.9 Å². The SMILES string of the molecule is O=C(Nc1ccccn1)C1CCN(S(=O)(=O)c2ccc3c(c2)CCCC3)CC1. The predicted octanol–water partition coefficient (Wildman–Crippen LogP) is 3.00. The molecule has 2 heterocycles. The highest BCUT2D eigenvalue weighted by Gasteiger charge is 2.32. The molecule has 1 fully saturated rings. The van der Waals surface area contributed by atoms with E-state index in [0.717, 1.165) is 24.8 Å². The number of amides is 1. The maximum absolute atomic E-state index is 13.1. The third kappa shape index (κ3) is 3.95. The van der Waals surface area contributed by atoms with Crippen LogP contribution in [-0.2, 0) is 27.7 Å². The summed E-state index contributed by atoms with van der Waals surface area (Å²) in [4.78, 5) is 16.9. The molecule has 4 rings (SSSR count). The number of piperidine rings is 1. The van der Waals surface area contributed by atoms with Crippen molar-refractivity contribution in [3.8, 4) is 0 Å². The summed E-state index contributed by atoms with van der Waals surface area (Å²) in [6, 6.07) is 10.9. The Morgan fingerprint density at radius 1 is 1.04 bits per heavy atom. The van der Waals surface area contributed by atoms with Crippen LogP contribution in [0.4, 0.5) is 5.82 Å². The van der Waals surface area contributed by atoms with Gasteiger partial charge in [-0.05, 0) is 73.9 Å². The Morgan fingerprint density at radius 2 is 1.79 bits per heavy atom. The summed E-state index contributed by atoms with van der Waals surface area (Å²) in [6.45, 7) is 0.722. The van der Waals surface area contributed by atoms with E-state index in [-0.39, 0.29) is 11.8 Å². The quantitative estimate of drug-likeness (QED) is 0.857. The first-order chi connectivity index (χ1) is 13.5. The fourth-order valence-corrected chi connectivity index (χ4v) is 5.56. The first-order valence-electron chi connectivity index (χ1n) is 9.88. The van der Waals surface area contributed by atoms with Gasteiger partial charge in [-0.2, -0.15) is 4.31 Å². The van der Waals surface area contributed by atoms with Crippen molar-refractivity contribution in [1.82, 2.24) is 9.29 Å². The number of fused-ring (bicyclic) bond motifs is 1. The zero-order valence-corrected chi connectivity index (χ0v) is 16.6. The Balaban J connectivity index is 1.41. The van der Waals surface area contributed by atoms with Crippen LogP contribution in [0.15, 0.2) is 47.5 Å². The molecule has 0 saturated carbocycles. The van der Waals surface area contributed by atoms with Crippen LogP contribution in [0.2, 0.25) is 0 Å². The minimum absolute atomic E-state index is 0.0930. The van der Waals surface area contributed by atoms with Gasteiger partial charge in [-0.25, -0.2) is 13.4 Å². The molecule has 1 aliphatic heterocycles. The molecule has 0 radical (unpaired) electrons. The molecule has 1 aromatic heterocycles. The predicted molar refractivity (Wildman–Crippen MR) is 107 cm³/mol. The van der Waals surface area contributed by atoms with Gasteiger partial charge >= 0.3 is 0 Å². The molecular weight excluding hydrogens is 374 g/mol. The Hall–Kier alpha value is -2.25. The lowest BCUT2D eigenvalue weighted by Gasteiger charge is -2.30. The average molecular weight is 400 g/mol. The second-order valence-corrected chi connectivity index (χ2v) is 9.46. The lowest BCUT2D eigenvalue weighted by molar-refractivity contribution is -0.120. The number of aromatic nitrogens is 1. The van der Waals surface area contributed by atoms with Gasteiger partial charge < -0.3 is 5.32 Å². The van der Waals surface area contributed by atoms with Crippen LogP contribution in [0.25, 0.3) is 0 Å². The van der Waals surface area contributed by atoms with E-state index in [2.05, 4.69) is 10.3 Å². The third-order valence-corrected chi connectivity index (χ3v) is 7.59. The number of hydrogen-bond acceptors (Lipinski definition) is 4. The molecular formula is C21H25N3O3S. The van der Waals surface area contributed by atoms with Crippen LogP contribution in [0.1, 0.15) is 36.8 Å². The van der Waals surface area contributed by atoms with Gasteiger partial charge in [0.25, 0.3) is 0 Å². The van der Waals surface area contributed by atoms with Crippen molar-refractivity contribution in [1.29, 1.82) is 0 Å². The molecule has 1 saturated heterocycles. The Morgan fingerprint density at radius 3 is 2.50 bits per heavy atom. The van der Waals surface area contributed by atoms with Crippen LogP contribution in [-0.4, -0.2) is 36.7 Å². The van der Waals surface area contributed by atoms with Gasteiger partial charge in [0, 0.05) is 25.2 Å². The number of anilines is 1. The minimum Gasteiger partial charge on any atom is -0.310 e. The van der Waals surface area contributed by atoms with Gasteiger partial charge in [-0.15, -0.1) is 0 Å². The molecule has 28 heavy (non-hydrogen) atoms. The molecule has 1 amide bonds. The number of pyridine rings is 1. The molecule has 148 valence electrons. The van der Waals surface area contributed by atoms with Crippen molar-refractivity contribution in [2.24, 2.45) is 5.92 Å². The first-order valence-corrected chi connectivity index (χ1v) is 11.3. The number of sulfonamides is 1. The molecule has 0 spiro atoms. The molecule has 0 atom stereocenters. The Bertz CT molecular complexity index is 952. The highest BCUT2D eigenvalue weighted by atomic mass is 32.2. The second-order valence-electron chi connectivity index (χ2n) is 7.52. The van der Waals surface area contributed by atoms with Crippen molar-refractivity contribution < 1.29 is 13.2 Å². The summed E-state index contributed by atoms with van der Waals surface area (Å²) in [5.74, 6) is 0.234. The lowest BCUT2D eigenvalue weighted by atomic mass is 9.92. The smallest absolute Gasteiger partial charge is 0.243 e. The Labute approximate surface area is 166 Å². The van der Waals surface area contributed by atoms with Crippen LogP contribution in [0, 0.1) is 5.92 Å². The molecule has 2 aliphatic rings. The van der Waals surface area contributed by atoms with E-state index < -0.39 is 10.0 Å². The number of carbonyl (C=O) groups is 1. The van der Waals surface area contributed by atoms with E-state index in [1.54, 1.807) is 24.4 Å². The van der Waals surface area contributed by atoms with E-state index in [9.17, 15) is 13.2 Å². The topological polar surface area (TPSA) is 79.4 Å². The third-order valence-electron chi connectivity index (χ3n) is 5.70. The normalized spacial score (nSPS) is 18.4. The monoisotopic (exact) mass is 399 g/mol. The zero-order chi connectivity index (χ0) is 19.6. The van der Waals surface area contributed by atoms with Crippen molar-refractivity contribution in [2.75, 3.05) is 18.4 Å². The fraction of sp³-hybridized carbons (Fsp3) is 0.429. The fourth-order valence-electron chi connectivity index (χ4n) is 4.04. The summed E-state index contributed by atoms with van der Waals surface area (Å²) in [5.41, 5.74) is 2.44. The number of rotatable bonds is 4. The number of hydrogen-bond donors (Lipinski definition) is 1. The molecule has 0 bridgehead atoms. The highest BCUT2D eigenvalue weighted by molar-refractivity contribution is 7.89. The maximum atomic E-state index is 13.1. The maximum Gasteiger partial charge on any atom is 0.243 e. The van der Waals surface area contributed by atoms with Crippen LogP contribution in [0.5, 0.6) is 0 Å². The van der Waals surface area contributed by atoms with E-state index in [1.807, 2.05) is 18.2 Å². The molecule has 1 aromatic carbocycles. The molecule has 7 heteroatoms. The molecule has 2 aromatic rings. The number of benzene rings is 1. The summed E-state index contributed by atoms with van der Waals surface area (Å²) in [7, 11) is -3.51. The van der Waals surface area contributed by atoms with E-state index >= 15 is 0 Å². The van der Waals surface area contributed by atoms with Crippen molar-refractivity contribution in [2.45, 2.75) is 43.4 Å². The van der Waals surface area contributed by atoms with Crippen molar-refractivity contribution >= 4 is 21.7 Å². The van der Waals surface area contributed by atoms with Crippen LogP contribution < -0.4 is 5.32 Å². The Kier molecular flexibility index (Phi) is 5.46. The number of carbonyl (C=O) groups excluding carboxylic acids is 1. The second kappa shape index (κ2) is 8.01. The summed E-state index contributed by atoms with van der Waals surface area (Å²) < 4.78 is 27.6. The van der Waals surface area contributed by atoms with E-state index in [4.69, 9.17) is 0 Å². The van der Waals surface area contributed by atoms with Gasteiger partial charge in [-0.1, -0.05) is 12.1 Å². The lowest BCUT2D eigenvalue weighted by Crippen LogP contribution is -2.41. The van der Waals surface area contributed by atoms with Crippen LogP contribution >= 0.6 is 0 Å². The molecule has 1 aliphatic carbocycles. The van der Waals surface area contributed by atoms with Crippen molar-refractivity contribution in [3.05, 3.63) is 53.7 Å². The molecule has 0 unspecified atom stereocenters. The van der Waals surface area contributed by atoms with Gasteiger partial charge in [-0.3, -0.25) is 4.79 Å². The molecule has 6 nitrogen and oxygen atoms in total. The summed E-state index contributed by atoms with van der Waals surface area (Å²) in [6.07, 6.45) is 6.94. The number of nitrogens with one attached hydrogen (secondary N) is 1. The zero-order valence-electron chi connectivity index (χ0n) is 15.8. The summed E-state index contributed by atoms with van der Waals surface area (Å²) in [5, 5.41) is 2.81.